The van der Waals surface area contributed by atoms with Gasteiger partial charge in [0.05, 0.1) is 5.56 Å². The van der Waals surface area contributed by atoms with Crippen molar-refractivity contribution in [2.24, 2.45) is 5.92 Å². The lowest BCUT2D eigenvalue weighted by Gasteiger charge is -2.32. The maximum atomic E-state index is 12.4. The second-order valence-electron chi connectivity index (χ2n) is 6.19. The maximum Gasteiger partial charge on any atom is 0.255 e. The van der Waals surface area contributed by atoms with Crippen LogP contribution in [0.2, 0.25) is 5.02 Å². The molecule has 2 heterocycles. The number of pyridine rings is 1. The van der Waals surface area contributed by atoms with E-state index in [0.29, 0.717) is 41.7 Å². The van der Waals surface area contributed by atoms with Crippen LogP contribution in [-0.2, 0) is 0 Å². The molecule has 1 aliphatic rings. The molecular weight excluding hydrogens is 338 g/mol. The van der Waals surface area contributed by atoms with Gasteiger partial charge in [0.15, 0.2) is 0 Å². The number of carbonyl (C=O) groups is 2. The number of hydrogen-bond donors (Lipinski definition) is 1. The standard InChI is InChI=1S/C19H20ClN3O2/c20-17-5-3-15(4-6-17)18(24)22-12-14-7-10-23(11-8-14)19(25)16-2-1-9-21-13-16/h1-6,9,13-14H,7-8,10-12H2,(H,22,24). The summed E-state index contributed by atoms with van der Waals surface area (Å²) in [5.74, 6) is 0.316. The van der Waals surface area contributed by atoms with E-state index in [1.807, 2.05) is 4.90 Å². The molecule has 0 saturated carbocycles. The Morgan fingerprint density at radius 2 is 1.84 bits per heavy atom. The number of likely N-dealkylation sites (tertiary alicyclic amines) is 1. The number of benzene rings is 1. The van der Waals surface area contributed by atoms with Gasteiger partial charge in [-0.05, 0) is 55.2 Å². The Kier molecular flexibility index (Phi) is 5.66. The molecule has 0 atom stereocenters. The lowest BCUT2D eigenvalue weighted by Crippen LogP contribution is -2.41. The first-order valence-electron chi connectivity index (χ1n) is 8.36. The SMILES string of the molecule is O=C(NCC1CCN(C(=O)c2cccnc2)CC1)c1ccc(Cl)cc1. The first-order valence-corrected chi connectivity index (χ1v) is 8.74. The summed E-state index contributed by atoms with van der Waals surface area (Å²) in [6, 6.07) is 10.4. The highest BCUT2D eigenvalue weighted by atomic mass is 35.5. The highest BCUT2D eigenvalue weighted by Gasteiger charge is 2.24. The van der Waals surface area contributed by atoms with Gasteiger partial charge in [-0.1, -0.05) is 11.6 Å². The Labute approximate surface area is 152 Å². The molecule has 0 spiro atoms. The van der Waals surface area contributed by atoms with Crippen LogP contribution >= 0.6 is 11.6 Å². The molecule has 1 saturated heterocycles. The summed E-state index contributed by atoms with van der Waals surface area (Å²) in [5, 5.41) is 3.58. The van der Waals surface area contributed by atoms with Gasteiger partial charge in [0.1, 0.15) is 0 Å². The summed E-state index contributed by atoms with van der Waals surface area (Å²) >= 11 is 5.83. The first kappa shape index (κ1) is 17.4. The fourth-order valence-corrected chi connectivity index (χ4v) is 3.08. The van der Waals surface area contributed by atoms with Crippen molar-refractivity contribution >= 4 is 23.4 Å². The normalized spacial score (nSPS) is 15.0. The smallest absolute Gasteiger partial charge is 0.255 e. The largest absolute Gasteiger partial charge is 0.352 e. The van der Waals surface area contributed by atoms with E-state index in [4.69, 9.17) is 11.6 Å². The summed E-state index contributed by atoms with van der Waals surface area (Å²) in [4.78, 5) is 30.4. The molecule has 1 aliphatic heterocycles. The molecule has 0 unspecified atom stereocenters. The Hall–Kier alpha value is -2.40. The van der Waals surface area contributed by atoms with E-state index in [0.717, 1.165) is 12.8 Å². The summed E-state index contributed by atoms with van der Waals surface area (Å²) in [5.41, 5.74) is 1.23. The van der Waals surface area contributed by atoms with E-state index in [1.54, 1.807) is 48.8 Å². The molecule has 0 radical (unpaired) electrons. The number of rotatable bonds is 4. The van der Waals surface area contributed by atoms with Crippen molar-refractivity contribution in [1.82, 2.24) is 15.2 Å². The second kappa shape index (κ2) is 8.12. The number of hydrogen-bond acceptors (Lipinski definition) is 3. The Balaban J connectivity index is 1.45. The van der Waals surface area contributed by atoms with Crippen LogP contribution in [0.1, 0.15) is 33.6 Å². The van der Waals surface area contributed by atoms with Gasteiger partial charge in [-0.2, -0.15) is 0 Å². The average molecular weight is 358 g/mol. The van der Waals surface area contributed by atoms with Crippen molar-refractivity contribution in [2.75, 3.05) is 19.6 Å². The Morgan fingerprint density at radius 3 is 2.48 bits per heavy atom. The highest BCUT2D eigenvalue weighted by Crippen LogP contribution is 2.18. The number of carbonyl (C=O) groups excluding carboxylic acids is 2. The number of aromatic nitrogens is 1. The minimum absolute atomic E-state index is 0.0248. The number of nitrogens with zero attached hydrogens (tertiary/aromatic N) is 2. The first-order chi connectivity index (χ1) is 12.1. The quantitative estimate of drug-likeness (QED) is 0.914. The third-order valence-electron chi connectivity index (χ3n) is 4.47. The topological polar surface area (TPSA) is 62.3 Å². The van der Waals surface area contributed by atoms with Gasteiger partial charge in [0.25, 0.3) is 11.8 Å². The molecule has 25 heavy (non-hydrogen) atoms. The fourth-order valence-electron chi connectivity index (χ4n) is 2.95. The van der Waals surface area contributed by atoms with Gasteiger partial charge >= 0.3 is 0 Å². The lowest BCUT2D eigenvalue weighted by molar-refractivity contribution is 0.0684. The Morgan fingerprint density at radius 1 is 1.12 bits per heavy atom. The second-order valence-corrected chi connectivity index (χ2v) is 6.63. The Bertz CT molecular complexity index is 726. The number of halogens is 1. The molecule has 1 N–H and O–H groups in total. The minimum Gasteiger partial charge on any atom is -0.352 e. The van der Waals surface area contributed by atoms with Crippen LogP contribution in [0.25, 0.3) is 0 Å². The van der Waals surface area contributed by atoms with Crippen LogP contribution in [0.15, 0.2) is 48.8 Å². The predicted molar refractivity (Wildman–Crippen MR) is 96.6 cm³/mol. The van der Waals surface area contributed by atoms with Gasteiger partial charge in [0.2, 0.25) is 0 Å². The average Bonchev–Trinajstić information content (AvgIpc) is 2.67. The molecule has 6 heteroatoms. The van der Waals surface area contributed by atoms with Crippen molar-refractivity contribution in [3.05, 3.63) is 64.9 Å². The van der Waals surface area contributed by atoms with Crippen LogP contribution in [0.4, 0.5) is 0 Å². The number of piperidine rings is 1. The third-order valence-corrected chi connectivity index (χ3v) is 4.72. The lowest BCUT2D eigenvalue weighted by atomic mass is 9.96. The van der Waals surface area contributed by atoms with E-state index in [-0.39, 0.29) is 11.8 Å². The molecule has 0 aliphatic carbocycles. The summed E-state index contributed by atoms with van der Waals surface area (Å²) in [6.45, 7) is 2.03. The summed E-state index contributed by atoms with van der Waals surface area (Å²) in [6.07, 6.45) is 5.02. The van der Waals surface area contributed by atoms with Crippen molar-refractivity contribution < 1.29 is 9.59 Å². The van der Waals surface area contributed by atoms with E-state index in [2.05, 4.69) is 10.3 Å². The van der Waals surface area contributed by atoms with Gasteiger partial charge in [-0.25, -0.2) is 0 Å². The van der Waals surface area contributed by atoms with Crippen LogP contribution in [0.5, 0.6) is 0 Å². The fraction of sp³-hybridized carbons (Fsp3) is 0.316. The molecule has 0 bridgehead atoms. The summed E-state index contributed by atoms with van der Waals surface area (Å²) < 4.78 is 0. The van der Waals surface area contributed by atoms with E-state index in [1.165, 1.54) is 0 Å². The third kappa shape index (κ3) is 4.57. The zero-order valence-electron chi connectivity index (χ0n) is 13.8. The molecule has 1 fully saturated rings. The highest BCUT2D eigenvalue weighted by molar-refractivity contribution is 6.30. The molecule has 5 nitrogen and oxygen atoms in total. The van der Waals surface area contributed by atoms with Crippen LogP contribution in [0, 0.1) is 5.92 Å². The van der Waals surface area contributed by atoms with Crippen LogP contribution in [-0.4, -0.2) is 41.3 Å². The zero-order chi connectivity index (χ0) is 17.6. The summed E-state index contributed by atoms with van der Waals surface area (Å²) in [7, 11) is 0. The van der Waals surface area contributed by atoms with Crippen LogP contribution < -0.4 is 5.32 Å². The molecule has 3 rings (SSSR count). The molecule has 1 aromatic heterocycles. The van der Waals surface area contributed by atoms with Gasteiger partial charge < -0.3 is 10.2 Å². The van der Waals surface area contributed by atoms with E-state index < -0.39 is 0 Å². The van der Waals surface area contributed by atoms with Crippen molar-refractivity contribution in [2.45, 2.75) is 12.8 Å². The van der Waals surface area contributed by atoms with Gasteiger partial charge in [-0.3, -0.25) is 14.6 Å². The van der Waals surface area contributed by atoms with Crippen molar-refractivity contribution in [3.63, 3.8) is 0 Å². The zero-order valence-corrected chi connectivity index (χ0v) is 14.6. The van der Waals surface area contributed by atoms with E-state index >= 15 is 0 Å². The van der Waals surface area contributed by atoms with Crippen molar-refractivity contribution in [1.29, 1.82) is 0 Å². The molecule has 1 aromatic carbocycles. The van der Waals surface area contributed by atoms with Gasteiger partial charge in [0, 0.05) is 42.6 Å². The minimum atomic E-state index is -0.0921. The molecule has 2 aromatic rings. The van der Waals surface area contributed by atoms with Gasteiger partial charge in [-0.15, -0.1) is 0 Å². The monoisotopic (exact) mass is 357 g/mol. The van der Waals surface area contributed by atoms with Crippen molar-refractivity contribution in [3.8, 4) is 0 Å². The van der Waals surface area contributed by atoms with Crippen LogP contribution in [0.3, 0.4) is 0 Å². The number of amides is 2. The van der Waals surface area contributed by atoms with E-state index in [9.17, 15) is 9.59 Å². The molecular formula is C19H20ClN3O2. The predicted octanol–water partition coefficient (Wildman–Crippen LogP) is 3.02. The number of nitrogens with one attached hydrogen (secondary N) is 1. The molecule has 130 valence electrons. The molecule has 2 amide bonds. The maximum absolute atomic E-state index is 12.4.